The summed E-state index contributed by atoms with van der Waals surface area (Å²) >= 11 is 0. The molecule has 3 heterocycles. The average Bonchev–Trinajstić information content (AvgIpc) is 3.49. The average molecular weight is 495 g/mol. The van der Waals surface area contributed by atoms with Crippen molar-refractivity contribution in [3.05, 3.63) is 71.9 Å². The Morgan fingerprint density at radius 2 is 2.11 bits per heavy atom. The van der Waals surface area contributed by atoms with Crippen molar-refractivity contribution in [1.82, 2.24) is 19.5 Å². The fourth-order valence-electron chi connectivity index (χ4n) is 3.97. The van der Waals surface area contributed by atoms with E-state index in [1.165, 1.54) is 24.5 Å². The number of aliphatic imine (C=N–C) groups is 1. The van der Waals surface area contributed by atoms with Gasteiger partial charge in [0.1, 0.15) is 17.2 Å². The topological polar surface area (TPSA) is 124 Å². The zero-order valence-electron chi connectivity index (χ0n) is 19.0. The van der Waals surface area contributed by atoms with Crippen LogP contribution in [0, 0.1) is 5.82 Å². The van der Waals surface area contributed by atoms with Gasteiger partial charge in [-0.25, -0.2) is 18.2 Å². The highest BCUT2D eigenvalue weighted by molar-refractivity contribution is 6.09. The molecule has 12 heteroatoms. The minimum absolute atomic E-state index is 0.103. The highest BCUT2D eigenvalue weighted by Crippen LogP contribution is 2.48. The summed E-state index contributed by atoms with van der Waals surface area (Å²) in [7, 11) is 1.61. The van der Waals surface area contributed by atoms with Crippen LogP contribution in [0.1, 0.15) is 40.7 Å². The number of benzene rings is 1. The zero-order chi connectivity index (χ0) is 25.4. The molecule has 0 spiro atoms. The van der Waals surface area contributed by atoms with Crippen molar-refractivity contribution < 1.29 is 22.5 Å². The number of carbonyl (C=O) groups excluding carboxylic acids is 1. The molecule has 9 nitrogen and oxygen atoms in total. The third kappa shape index (κ3) is 4.32. The number of nitrogens with one attached hydrogen (secondary N) is 1. The summed E-state index contributed by atoms with van der Waals surface area (Å²) in [4.78, 5) is 25.4. The van der Waals surface area contributed by atoms with E-state index in [0.717, 1.165) is 6.07 Å². The Labute approximate surface area is 202 Å². The van der Waals surface area contributed by atoms with Crippen LogP contribution >= 0.6 is 0 Å². The third-order valence-electron chi connectivity index (χ3n) is 5.87. The number of carbonyl (C=O) groups is 1. The molecule has 1 aromatic carbocycles. The van der Waals surface area contributed by atoms with Crippen LogP contribution in [0.3, 0.4) is 0 Å². The van der Waals surface area contributed by atoms with Crippen molar-refractivity contribution in [2.45, 2.75) is 24.7 Å². The van der Waals surface area contributed by atoms with E-state index in [-0.39, 0.29) is 35.9 Å². The van der Waals surface area contributed by atoms with E-state index in [1.54, 1.807) is 36.0 Å². The molecule has 1 aliphatic carbocycles. The van der Waals surface area contributed by atoms with Crippen LogP contribution in [-0.4, -0.2) is 44.6 Å². The summed E-state index contributed by atoms with van der Waals surface area (Å²) in [5.74, 6) is -4.32. The van der Waals surface area contributed by atoms with Gasteiger partial charge in [0, 0.05) is 61.1 Å². The van der Waals surface area contributed by atoms with E-state index >= 15 is 0 Å². The molecule has 4 aromatic rings. The van der Waals surface area contributed by atoms with Crippen molar-refractivity contribution in [2.75, 3.05) is 12.4 Å². The maximum atomic E-state index is 14.6. The molecular weight excluding hydrogens is 475 g/mol. The lowest BCUT2D eigenvalue weighted by atomic mass is 9.81. The number of amides is 1. The summed E-state index contributed by atoms with van der Waals surface area (Å²) in [6, 6.07) is 7.40. The minimum atomic E-state index is -2.73. The maximum Gasteiger partial charge on any atom is 0.274 e. The molecule has 1 fully saturated rings. The van der Waals surface area contributed by atoms with Gasteiger partial charge >= 0.3 is 0 Å². The number of imidazole rings is 1. The highest BCUT2D eigenvalue weighted by Gasteiger charge is 2.48. The van der Waals surface area contributed by atoms with Gasteiger partial charge in [-0.2, -0.15) is 4.98 Å². The molecule has 36 heavy (non-hydrogen) atoms. The van der Waals surface area contributed by atoms with Crippen LogP contribution in [0.4, 0.5) is 18.9 Å². The van der Waals surface area contributed by atoms with Crippen molar-refractivity contribution in [3.8, 4) is 11.4 Å². The third-order valence-corrected chi connectivity index (χ3v) is 5.87. The first kappa shape index (κ1) is 23.3. The van der Waals surface area contributed by atoms with Gasteiger partial charge in [0.2, 0.25) is 17.6 Å². The molecule has 1 amide bonds. The normalized spacial score (nSPS) is 15.9. The first-order valence-corrected chi connectivity index (χ1v) is 10.9. The van der Waals surface area contributed by atoms with E-state index in [2.05, 4.69) is 25.4 Å². The molecule has 0 bridgehead atoms. The van der Waals surface area contributed by atoms with Crippen molar-refractivity contribution in [1.29, 1.82) is 0 Å². The highest BCUT2D eigenvalue weighted by atomic mass is 19.3. The lowest BCUT2D eigenvalue weighted by molar-refractivity contribution is -0.0925. The number of halogens is 3. The van der Waals surface area contributed by atoms with Gasteiger partial charge in [-0.15, -0.1) is 0 Å². The molecule has 0 unspecified atom stereocenters. The quantitative estimate of drug-likeness (QED) is 0.385. The molecule has 0 radical (unpaired) electrons. The Kier molecular flexibility index (Phi) is 5.78. The molecular formula is C24H20F3N7O2. The van der Waals surface area contributed by atoms with E-state index in [9.17, 15) is 18.0 Å². The molecule has 1 saturated carbocycles. The monoisotopic (exact) mass is 495 g/mol. The lowest BCUT2D eigenvalue weighted by Gasteiger charge is -2.31. The molecule has 0 aliphatic heterocycles. The molecule has 0 atom stereocenters. The van der Waals surface area contributed by atoms with E-state index in [1.807, 2.05) is 0 Å². The van der Waals surface area contributed by atoms with Gasteiger partial charge < -0.3 is 15.6 Å². The predicted molar refractivity (Wildman–Crippen MR) is 126 cm³/mol. The summed E-state index contributed by atoms with van der Waals surface area (Å²) in [5.41, 5.74) is 7.92. The molecule has 184 valence electrons. The number of rotatable bonds is 6. The lowest BCUT2D eigenvalue weighted by Crippen LogP contribution is -2.33. The van der Waals surface area contributed by atoms with E-state index < -0.39 is 23.6 Å². The number of allylic oxidation sites excluding steroid dienone is 1. The van der Waals surface area contributed by atoms with Crippen LogP contribution in [0.25, 0.3) is 22.6 Å². The number of nitrogens with two attached hydrogens (primary N) is 1. The number of hydrogen-bond acceptors (Lipinski definition) is 7. The first-order chi connectivity index (χ1) is 17.3. The summed E-state index contributed by atoms with van der Waals surface area (Å²) < 4.78 is 47.6. The summed E-state index contributed by atoms with van der Waals surface area (Å²) in [6.45, 7) is 0. The van der Waals surface area contributed by atoms with Crippen LogP contribution in [-0.2, 0) is 0 Å². The van der Waals surface area contributed by atoms with E-state index in [0.29, 0.717) is 22.3 Å². The van der Waals surface area contributed by atoms with Gasteiger partial charge in [-0.3, -0.25) is 14.2 Å². The second kappa shape index (κ2) is 8.95. The Morgan fingerprint density at radius 3 is 2.83 bits per heavy atom. The molecule has 3 N–H and O–H groups in total. The number of aromatic nitrogens is 4. The van der Waals surface area contributed by atoms with Crippen LogP contribution in [0.15, 0.2) is 58.4 Å². The largest absolute Gasteiger partial charge is 0.404 e. The smallest absolute Gasteiger partial charge is 0.274 e. The Hall–Kier alpha value is -4.48. The number of alkyl halides is 2. The van der Waals surface area contributed by atoms with Crippen LogP contribution in [0.2, 0.25) is 0 Å². The standard InChI is InChI=1S/C24H20F3N7O2/c1-29-10-16(9-28)14-3-5-20-30-11-19(34(20)12-14)22(35)31-18-6-13(2-4-17(18)25)21-32-23(36-33-21)15-7-24(26,27)8-15/h2-6,9-12,15H,7-8,28H2,1H3,(H,31,35). The van der Waals surface area contributed by atoms with Crippen LogP contribution in [0.5, 0.6) is 0 Å². The second-order valence-corrected chi connectivity index (χ2v) is 8.36. The van der Waals surface area contributed by atoms with Gasteiger partial charge in [-0.1, -0.05) is 5.16 Å². The molecule has 1 aliphatic rings. The second-order valence-electron chi connectivity index (χ2n) is 8.36. The van der Waals surface area contributed by atoms with Crippen molar-refractivity contribution in [3.63, 3.8) is 0 Å². The van der Waals surface area contributed by atoms with Crippen molar-refractivity contribution >= 4 is 29.0 Å². The van der Waals surface area contributed by atoms with Gasteiger partial charge in [0.05, 0.1) is 11.9 Å². The summed E-state index contributed by atoms with van der Waals surface area (Å²) in [5, 5.41) is 6.36. The SMILES string of the molecule is CN=CC(=CN)c1ccc2ncc(C(=O)Nc3cc(-c4noc(C5CC(F)(F)C5)n4)ccc3F)n2c1. The Morgan fingerprint density at radius 1 is 1.31 bits per heavy atom. The van der Waals surface area contributed by atoms with Gasteiger partial charge in [-0.05, 0) is 30.3 Å². The molecule has 0 saturated heterocycles. The van der Waals surface area contributed by atoms with Gasteiger partial charge in [0.25, 0.3) is 5.91 Å². The number of anilines is 1. The fourth-order valence-corrected chi connectivity index (χ4v) is 3.97. The van der Waals surface area contributed by atoms with Crippen molar-refractivity contribution in [2.24, 2.45) is 10.7 Å². The first-order valence-electron chi connectivity index (χ1n) is 10.9. The fraction of sp³-hybridized carbons (Fsp3) is 0.208. The predicted octanol–water partition coefficient (Wildman–Crippen LogP) is 4.29. The Balaban J connectivity index is 1.40. The van der Waals surface area contributed by atoms with Crippen LogP contribution < -0.4 is 11.1 Å². The minimum Gasteiger partial charge on any atom is -0.404 e. The number of hydrogen-bond donors (Lipinski definition) is 2. The number of fused-ring (bicyclic) bond motifs is 1. The maximum absolute atomic E-state index is 14.6. The molecule has 5 rings (SSSR count). The summed E-state index contributed by atoms with van der Waals surface area (Å²) in [6.07, 6.45) is 5.32. The zero-order valence-corrected chi connectivity index (χ0v) is 19.0. The Bertz CT molecular complexity index is 1520. The number of pyridine rings is 1. The number of nitrogens with zero attached hydrogens (tertiary/aromatic N) is 5. The van der Waals surface area contributed by atoms with E-state index in [4.69, 9.17) is 10.3 Å². The van der Waals surface area contributed by atoms with Gasteiger partial charge in [0.15, 0.2) is 0 Å². The molecule has 3 aromatic heterocycles.